The Labute approximate surface area is 215 Å². The van der Waals surface area contributed by atoms with Crippen molar-refractivity contribution in [1.82, 2.24) is 34.3 Å². The van der Waals surface area contributed by atoms with Crippen LogP contribution in [-0.4, -0.2) is 72.1 Å². The summed E-state index contributed by atoms with van der Waals surface area (Å²) in [5.41, 5.74) is 1.60. The van der Waals surface area contributed by atoms with Crippen molar-refractivity contribution < 1.29 is 9.18 Å². The Morgan fingerprint density at radius 2 is 1.62 bits per heavy atom. The van der Waals surface area contributed by atoms with Crippen molar-refractivity contribution in [2.75, 3.05) is 26.2 Å². The first-order valence-corrected chi connectivity index (χ1v) is 13.0. The van der Waals surface area contributed by atoms with Crippen LogP contribution in [0.25, 0.3) is 22.7 Å². The van der Waals surface area contributed by atoms with Crippen molar-refractivity contribution in [1.29, 1.82) is 0 Å². The van der Waals surface area contributed by atoms with Crippen molar-refractivity contribution >= 4 is 17.1 Å². The van der Waals surface area contributed by atoms with E-state index in [0.29, 0.717) is 32.7 Å². The summed E-state index contributed by atoms with van der Waals surface area (Å²) in [7, 11) is 0. The van der Waals surface area contributed by atoms with Crippen molar-refractivity contribution in [3.63, 3.8) is 0 Å². The van der Waals surface area contributed by atoms with Crippen LogP contribution in [0, 0.1) is 0 Å². The molecule has 8 nitrogen and oxygen atoms in total. The molecule has 0 aliphatic carbocycles. The number of piperidine rings is 2. The normalized spacial score (nSPS) is 18.8. The molecule has 4 aromatic heterocycles. The number of fused-ring (bicyclic) bond motifs is 1. The maximum absolute atomic E-state index is 15.9. The number of rotatable bonds is 5. The predicted molar refractivity (Wildman–Crippen MR) is 138 cm³/mol. The first-order chi connectivity index (χ1) is 18.1. The molecule has 0 spiro atoms. The Morgan fingerprint density at radius 1 is 0.892 bits per heavy atom. The van der Waals surface area contributed by atoms with Gasteiger partial charge in [-0.2, -0.15) is 0 Å². The highest BCUT2D eigenvalue weighted by Crippen LogP contribution is 2.35. The molecule has 0 bridgehead atoms. The van der Waals surface area contributed by atoms with Gasteiger partial charge in [-0.25, -0.2) is 14.4 Å². The third-order valence-electron chi connectivity index (χ3n) is 7.60. The van der Waals surface area contributed by atoms with Gasteiger partial charge in [-0.1, -0.05) is 12.1 Å². The van der Waals surface area contributed by atoms with E-state index in [4.69, 9.17) is 4.98 Å². The largest absolute Gasteiger partial charge is 0.340 e. The molecule has 0 aromatic carbocycles. The Balaban J connectivity index is 1.13. The van der Waals surface area contributed by atoms with Crippen LogP contribution in [0.4, 0.5) is 4.39 Å². The highest BCUT2D eigenvalue weighted by molar-refractivity contribution is 5.85. The SMILES string of the molecule is O=C(N1CCC(n2c(-c3ccccn3)nc3cccnc32)CC1)C1(F)CCN(Cc2ccccn2)CC1. The molecule has 0 N–H and O–H groups in total. The minimum absolute atomic E-state index is 0.108. The van der Waals surface area contributed by atoms with E-state index in [1.165, 1.54) is 0 Å². The fourth-order valence-electron chi connectivity index (χ4n) is 5.56. The van der Waals surface area contributed by atoms with Crippen LogP contribution in [-0.2, 0) is 11.3 Å². The van der Waals surface area contributed by atoms with Crippen LogP contribution in [0.2, 0.25) is 0 Å². The molecule has 2 fully saturated rings. The third-order valence-corrected chi connectivity index (χ3v) is 7.60. The zero-order valence-corrected chi connectivity index (χ0v) is 20.7. The Morgan fingerprint density at radius 3 is 2.32 bits per heavy atom. The van der Waals surface area contributed by atoms with Crippen molar-refractivity contribution in [2.45, 2.75) is 43.9 Å². The number of aromatic nitrogens is 5. The van der Waals surface area contributed by atoms with Crippen molar-refractivity contribution in [2.24, 2.45) is 0 Å². The molecule has 6 heterocycles. The number of halogens is 1. The molecule has 2 aliphatic rings. The van der Waals surface area contributed by atoms with Gasteiger partial charge in [-0.3, -0.25) is 19.7 Å². The Bertz CT molecular complexity index is 1360. The highest BCUT2D eigenvalue weighted by atomic mass is 19.1. The second-order valence-electron chi connectivity index (χ2n) is 9.95. The summed E-state index contributed by atoms with van der Waals surface area (Å²) < 4.78 is 18.0. The molecule has 2 aliphatic heterocycles. The van der Waals surface area contributed by atoms with Gasteiger partial charge in [0.2, 0.25) is 0 Å². The van der Waals surface area contributed by atoms with E-state index in [2.05, 4.69) is 24.4 Å². The molecule has 4 aromatic rings. The lowest BCUT2D eigenvalue weighted by molar-refractivity contribution is -0.148. The molecule has 0 saturated carbocycles. The van der Waals surface area contributed by atoms with E-state index in [9.17, 15) is 4.79 Å². The molecule has 6 rings (SSSR count). The summed E-state index contributed by atoms with van der Waals surface area (Å²) >= 11 is 0. The van der Waals surface area contributed by atoms with Gasteiger partial charge in [-0.15, -0.1) is 0 Å². The number of alkyl halides is 1. The lowest BCUT2D eigenvalue weighted by atomic mass is 9.90. The number of nitrogens with zero attached hydrogens (tertiary/aromatic N) is 7. The molecular formula is C28H30FN7O. The average Bonchev–Trinajstić information content (AvgIpc) is 3.35. The quantitative estimate of drug-likeness (QED) is 0.412. The Hall–Kier alpha value is -3.72. The Kier molecular flexibility index (Phi) is 6.38. The van der Waals surface area contributed by atoms with E-state index in [0.717, 1.165) is 41.2 Å². The summed E-state index contributed by atoms with van der Waals surface area (Å²) in [6.45, 7) is 2.81. The zero-order chi connectivity index (χ0) is 25.2. The van der Waals surface area contributed by atoms with E-state index >= 15 is 4.39 Å². The number of amides is 1. The summed E-state index contributed by atoms with van der Waals surface area (Å²) in [4.78, 5) is 35.5. The van der Waals surface area contributed by atoms with Crippen LogP contribution >= 0.6 is 0 Å². The molecule has 2 saturated heterocycles. The maximum atomic E-state index is 15.9. The number of hydrogen-bond acceptors (Lipinski definition) is 6. The molecule has 0 unspecified atom stereocenters. The lowest BCUT2D eigenvalue weighted by Crippen LogP contribution is -2.54. The van der Waals surface area contributed by atoms with Gasteiger partial charge in [0.05, 0.1) is 5.69 Å². The number of imidazole rings is 1. The monoisotopic (exact) mass is 499 g/mol. The van der Waals surface area contributed by atoms with E-state index in [1.807, 2.05) is 48.5 Å². The van der Waals surface area contributed by atoms with Crippen molar-refractivity contribution in [3.05, 3.63) is 72.8 Å². The van der Waals surface area contributed by atoms with Crippen molar-refractivity contribution in [3.8, 4) is 11.5 Å². The van der Waals surface area contributed by atoms with Gasteiger partial charge in [-0.05, 0) is 49.2 Å². The number of pyridine rings is 3. The van der Waals surface area contributed by atoms with Gasteiger partial charge in [0.15, 0.2) is 17.1 Å². The van der Waals surface area contributed by atoms with Gasteiger partial charge in [0.25, 0.3) is 5.91 Å². The molecular weight excluding hydrogens is 469 g/mol. The van der Waals surface area contributed by atoms with E-state index in [1.54, 1.807) is 23.5 Å². The van der Waals surface area contributed by atoms with Crippen LogP contribution in [0.3, 0.4) is 0 Å². The minimum Gasteiger partial charge on any atom is -0.340 e. The van der Waals surface area contributed by atoms with Crippen LogP contribution in [0.5, 0.6) is 0 Å². The van der Waals surface area contributed by atoms with E-state index < -0.39 is 5.67 Å². The molecule has 0 atom stereocenters. The first-order valence-electron chi connectivity index (χ1n) is 13.0. The number of carbonyl (C=O) groups is 1. The standard InChI is InChI=1S/C28H30FN7O/c29-28(11-18-34(19-12-28)20-21-6-1-3-13-30-21)27(37)35-16-9-22(10-17-35)36-25-24(8-5-15-32-25)33-26(36)23-7-2-4-14-31-23/h1-8,13-15,22H,9-12,16-20H2. The summed E-state index contributed by atoms with van der Waals surface area (Å²) in [6.07, 6.45) is 7.18. The molecule has 9 heteroatoms. The average molecular weight is 500 g/mol. The van der Waals surface area contributed by atoms with Crippen LogP contribution in [0.1, 0.15) is 37.4 Å². The molecule has 1 amide bonds. The lowest BCUT2D eigenvalue weighted by Gasteiger charge is -2.40. The second-order valence-corrected chi connectivity index (χ2v) is 9.95. The number of carbonyl (C=O) groups excluding carboxylic acids is 1. The summed E-state index contributed by atoms with van der Waals surface area (Å²) in [6, 6.07) is 15.5. The summed E-state index contributed by atoms with van der Waals surface area (Å²) in [5, 5.41) is 0. The third kappa shape index (κ3) is 4.71. The highest BCUT2D eigenvalue weighted by Gasteiger charge is 2.45. The maximum Gasteiger partial charge on any atom is 0.260 e. The smallest absolute Gasteiger partial charge is 0.260 e. The fourth-order valence-corrected chi connectivity index (χ4v) is 5.56. The zero-order valence-electron chi connectivity index (χ0n) is 20.7. The predicted octanol–water partition coefficient (Wildman–Crippen LogP) is 4.06. The molecule has 190 valence electrons. The fraction of sp³-hybridized carbons (Fsp3) is 0.393. The topological polar surface area (TPSA) is 80.0 Å². The van der Waals surface area contributed by atoms with Crippen LogP contribution < -0.4 is 0 Å². The van der Waals surface area contributed by atoms with E-state index in [-0.39, 0.29) is 24.8 Å². The number of hydrogen-bond donors (Lipinski definition) is 0. The summed E-state index contributed by atoms with van der Waals surface area (Å²) in [5.74, 6) is 0.420. The molecule has 37 heavy (non-hydrogen) atoms. The van der Waals surface area contributed by atoms with Crippen LogP contribution in [0.15, 0.2) is 67.1 Å². The molecule has 0 radical (unpaired) electrons. The van der Waals surface area contributed by atoms with Gasteiger partial charge >= 0.3 is 0 Å². The van der Waals surface area contributed by atoms with Gasteiger partial charge < -0.3 is 9.47 Å². The minimum atomic E-state index is -1.80. The van der Waals surface area contributed by atoms with Gasteiger partial charge in [0.1, 0.15) is 11.2 Å². The first kappa shape index (κ1) is 23.7. The number of likely N-dealkylation sites (tertiary alicyclic amines) is 2. The van der Waals surface area contributed by atoms with Gasteiger partial charge in [0, 0.05) is 70.2 Å². The second kappa shape index (κ2) is 9.97.